The van der Waals surface area contributed by atoms with Gasteiger partial charge in [-0.25, -0.2) is 13.8 Å². The Balaban J connectivity index is 1.86. The molecule has 0 unspecified atom stereocenters. The molecule has 0 fully saturated rings. The van der Waals surface area contributed by atoms with Crippen LogP contribution >= 0.6 is 0 Å². The van der Waals surface area contributed by atoms with Crippen LogP contribution in [-0.2, 0) is 16.0 Å². The van der Waals surface area contributed by atoms with Gasteiger partial charge in [0.2, 0.25) is 5.66 Å². The molecule has 0 aliphatic carbocycles. The molecule has 3 aromatic rings. The summed E-state index contributed by atoms with van der Waals surface area (Å²) in [6, 6.07) is 19.1. The van der Waals surface area contributed by atoms with Crippen LogP contribution < -0.4 is 10.6 Å². The zero-order valence-electron chi connectivity index (χ0n) is 21.4. The Morgan fingerprint density at radius 3 is 2.34 bits per heavy atom. The van der Waals surface area contributed by atoms with Gasteiger partial charge >= 0.3 is 0 Å². The number of hydrogen-bond acceptors (Lipinski definition) is 5. The minimum Gasteiger partial charge on any atom is -0.392 e. The highest BCUT2D eigenvalue weighted by molar-refractivity contribution is 6.26. The van der Waals surface area contributed by atoms with Crippen LogP contribution in [0.3, 0.4) is 0 Å². The molecule has 4 rings (SSSR count). The number of para-hydroxylation sites is 1. The van der Waals surface area contributed by atoms with E-state index < -0.39 is 41.0 Å². The lowest BCUT2D eigenvalue weighted by Gasteiger charge is -2.32. The maximum Gasteiger partial charge on any atom is 0.277 e. The van der Waals surface area contributed by atoms with Gasteiger partial charge in [0.1, 0.15) is 11.6 Å². The van der Waals surface area contributed by atoms with E-state index in [4.69, 9.17) is 5.73 Å². The predicted octanol–water partition coefficient (Wildman–Crippen LogP) is 4.41. The molecule has 0 radical (unpaired) electrons. The molecule has 6 nitrogen and oxygen atoms in total. The number of Topliss-reactive ketones (excluding diaryl/α,β-unsaturated/α-hetero) is 1. The molecule has 0 bridgehead atoms. The topological polar surface area (TPSA) is 96.0 Å². The smallest absolute Gasteiger partial charge is 0.277 e. The molecule has 0 spiro atoms. The second-order valence-corrected chi connectivity index (χ2v) is 9.64. The number of carbonyl (C=O) groups excluding carboxylic acids is 2. The van der Waals surface area contributed by atoms with Gasteiger partial charge < -0.3 is 10.0 Å². The normalized spacial score (nSPS) is 18.8. The Morgan fingerprint density at radius 1 is 1.05 bits per heavy atom. The minimum atomic E-state index is -2.39. The van der Waals surface area contributed by atoms with E-state index in [-0.39, 0.29) is 18.4 Å². The average Bonchev–Trinajstić information content (AvgIpc) is 2.99. The SMILES string of the molecule is CCCC[C@H](O)[C@@H](Cc1cc(F)cc(F)c1)C(=O)[C@]1(N)N=C(c2ccccc2)c2ccccc2N(C)C1=O. The molecule has 3 atom stereocenters. The number of carbonyl (C=O) groups is 2. The fraction of sp³-hybridized carbons (Fsp3) is 0.300. The third-order valence-electron chi connectivity index (χ3n) is 6.89. The minimum absolute atomic E-state index is 0.171. The van der Waals surface area contributed by atoms with Crippen LogP contribution in [0, 0.1) is 17.6 Å². The Labute approximate surface area is 220 Å². The summed E-state index contributed by atoms with van der Waals surface area (Å²) in [5.74, 6) is -4.42. The highest BCUT2D eigenvalue weighted by Crippen LogP contribution is 2.33. The Hall–Kier alpha value is -3.75. The first-order chi connectivity index (χ1) is 18.2. The Kier molecular flexibility index (Phi) is 8.14. The summed E-state index contributed by atoms with van der Waals surface area (Å²) in [7, 11) is 1.52. The third-order valence-corrected chi connectivity index (χ3v) is 6.89. The van der Waals surface area contributed by atoms with Crippen molar-refractivity contribution in [1.82, 2.24) is 0 Å². The van der Waals surface area contributed by atoms with Crippen LogP contribution in [0.4, 0.5) is 14.5 Å². The van der Waals surface area contributed by atoms with Crippen molar-refractivity contribution < 1.29 is 23.5 Å². The first kappa shape index (κ1) is 27.3. The van der Waals surface area contributed by atoms with Crippen molar-refractivity contribution >= 4 is 23.1 Å². The van der Waals surface area contributed by atoms with Crippen LogP contribution in [0.1, 0.15) is 42.9 Å². The van der Waals surface area contributed by atoms with E-state index in [9.17, 15) is 23.5 Å². The van der Waals surface area contributed by atoms with Crippen molar-refractivity contribution in [1.29, 1.82) is 0 Å². The fourth-order valence-electron chi connectivity index (χ4n) is 4.88. The summed E-state index contributed by atoms with van der Waals surface area (Å²) in [5.41, 5.74) is 6.57. The number of unbranched alkanes of at least 4 members (excludes halogenated alkanes) is 1. The monoisotopic (exact) mass is 519 g/mol. The molecular formula is C30H31F2N3O3. The van der Waals surface area contributed by atoms with Crippen molar-refractivity contribution in [3.05, 3.63) is 101 Å². The number of benzene rings is 3. The van der Waals surface area contributed by atoms with Crippen molar-refractivity contribution in [3.8, 4) is 0 Å². The standard InChI is InChI=1S/C30H31F2N3O3/c1-3-4-14-26(36)24(17-19-15-21(31)18-22(32)16-19)28(37)30(33)29(38)35(2)25-13-9-8-12-23(25)27(34-30)20-10-6-5-7-11-20/h5-13,15-16,18,24,26,36H,3-4,14,17,33H2,1-2H3/t24-,26+,30+/m1/s1. The number of benzodiazepines with no additional fused rings is 1. The summed E-state index contributed by atoms with van der Waals surface area (Å²) in [6.07, 6.45) is 0.205. The zero-order chi connectivity index (χ0) is 27.4. The van der Waals surface area contributed by atoms with Crippen molar-refractivity contribution in [2.45, 2.75) is 44.4 Å². The molecule has 0 saturated heterocycles. The van der Waals surface area contributed by atoms with E-state index in [2.05, 4.69) is 4.99 Å². The number of hydrogen-bond donors (Lipinski definition) is 2. The van der Waals surface area contributed by atoms with Crippen molar-refractivity contribution in [2.24, 2.45) is 16.6 Å². The Morgan fingerprint density at radius 2 is 1.68 bits per heavy atom. The number of nitrogens with zero attached hydrogens (tertiary/aromatic N) is 2. The number of amides is 1. The highest BCUT2D eigenvalue weighted by Gasteiger charge is 2.50. The fourth-order valence-corrected chi connectivity index (χ4v) is 4.88. The first-order valence-electron chi connectivity index (χ1n) is 12.6. The third kappa shape index (κ3) is 5.42. The molecule has 1 heterocycles. The molecule has 3 aromatic carbocycles. The van der Waals surface area contributed by atoms with Gasteiger partial charge in [0.25, 0.3) is 5.91 Å². The molecular weight excluding hydrogens is 488 g/mol. The lowest BCUT2D eigenvalue weighted by atomic mass is 9.82. The maximum absolute atomic E-state index is 14.2. The largest absolute Gasteiger partial charge is 0.392 e. The van der Waals surface area contributed by atoms with Gasteiger partial charge in [-0.3, -0.25) is 15.3 Å². The molecule has 8 heteroatoms. The summed E-state index contributed by atoms with van der Waals surface area (Å²) < 4.78 is 28.0. The van der Waals surface area contributed by atoms with E-state index >= 15 is 0 Å². The van der Waals surface area contributed by atoms with Gasteiger partial charge in [0, 0.05) is 24.2 Å². The van der Waals surface area contributed by atoms with Crippen molar-refractivity contribution in [3.63, 3.8) is 0 Å². The maximum atomic E-state index is 14.2. The second kappa shape index (κ2) is 11.3. The van der Waals surface area contributed by atoms with Crippen LogP contribution in [0.25, 0.3) is 0 Å². The van der Waals surface area contributed by atoms with Gasteiger partial charge in [0.05, 0.1) is 23.4 Å². The van der Waals surface area contributed by atoms with Crippen LogP contribution in [0.2, 0.25) is 0 Å². The Bertz CT molecular complexity index is 1340. The molecule has 38 heavy (non-hydrogen) atoms. The lowest BCUT2D eigenvalue weighted by molar-refractivity contribution is -0.138. The molecule has 0 aromatic heterocycles. The van der Waals surface area contributed by atoms with E-state index in [0.717, 1.165) is 24.6 Å². The van der Waals surface area contributed by atoms with E-state index in [1.54, 1.807) is 36.4 Å². The number of aliphatic imine (C=N–C) groups is 1. The van der Waals surface area contributed by atoms with Crippen LogP contribution in [0.15, 0.2) is 77.8 Å². The number of aliphatic hydroxyl groups is 1. The lowest BCUT2D eigenvalue weighted by Crippen LogP contribution is -2.61. The number of anilines is 1. The number of rotatable bonds is 9. The van der Waals surface area contributed by atoms with E-state index in [0.29, 0.717) is 28.9 Å². The number of halogens is 2. The summed E-state index contributed by atoms with van der Waals surface area (Å²) in [5, 5.41) is 11.1. The van der Waals surface area contributed by atoms with Crippen LogP contribution in [0.5, 0.6) is 0 Å². The van der Waals surface area contributed by atoms with E-state index in [1.807, 2.05) is 25.1 Å². The predicted molar refractivity (Wildman–Crippen MR) is 143 cm³/mol. The number of likely N-dealkylation sites (N-methyl/N-ethyl adjacent to an activating group) is 1. The number of aliphatic hydroxyl groups excluding tert-OH is 1. The first-order valence-corrected chi connectivity index (χ1v) is 12.6. The summed E-state index contributed by atoms with van der Waals surface area (Å²) >= 11 is 0. The van der Waals surface area contributed by atoms with E-state index in [1.165, 1.54) is 11.9 Å². The molecule has 198 valence electrons. The number of fused-ring (bicyclic) bond motifs is 1. The van der Waals surface area contributed by atoms with Gasteiger partial charge in [-0.2, -0.15) is 0 Å². The molecule has 1 aliphatic rings. The van der Waals surface area contributed by atoms with Crippen LogP contribution in [-0.4, -0.2) is 41.3 Å². The second-order valence-electron chi connectivity index (χ2n) is 9.64. The number of ketones is 1. The summed E-state index contributed by atoms with van der Waals surface area (Å²) in [6.45, 7) is 1.94. The summed E-state index contributed by atoms with van der Waals surface area (Å²) in [4.78, 5) is 33.9. The molecule has 3 N–H and O–H groups in total. The van der Waals surface area contributed by atoms with Gasteiger partial charge in [-0.05, 0) is 36.6 Å². The molecule has 0 saturated carbocycles. The van der Waals surface area contributed by atoms with Gasteiger partial charge in [-0.15, -0.1) is 0 Å². The number of nitrogens with two attached hydrogens (primary N) is 1. The van der Waals surface area contributed by atoms with Crippen molar-refractivity contribution in [2.75, 3.05) is 11.9 Å². The molecule has 1 aliphatic heterocycles. The quantitative estimate of drug-likeness (QED) is 0.410. The average molecular weight is 520 g/mol. The highest BCUT2D eigenvalue weighted by atomic mass is 19.1. The zero-order valence-corrected chi connectivity index (χ0v) is 21.4. The van der Waals surface area contributed by atoms with Gasteiger partial charge in [0.15, 0.2) is 5.78 Å². The molecule has 1 amide bonds. The van der Waals surface area contributed by atoms with Gasteiger partial charge in [-0.1, -0.05) is 68.3 Å².